The Hall–Kier alpha value is -2.58. The van der Waals surface area contributed by atoms with Crippen molar-refractivity contribution in [3.63, 3.8) is 0 Å². The van der Waals surface area contributed by atoms with Crippen LogP contribution < -0.4 is 10.6 Å². The van der Waals surface area contributed by atoms with Gasteiger partial charge in [-0.15, -0.1) is 10.2 Å². The van der Waals surface area contributed by atoms with E-state index in [4.69, 9.17) is 0 Å². The van der Waals surface area contributed by atoms with Crippen molar-refractivity contribution in [3.05, 3.63) is 58.4 Å². The van der Waals surface area contributed by atoms with Crippen LogP contribution in [0.1, 0.15) is 45.5 Å². The van der Waals surface area contributed by atoms with Crippen molar-refractivity contribution < 1.29 is 4.79 Å². The number of piperidine rings is 1. The normalized spacial score (nSPS) is 17.0. The molecule has 0 saturated carbocycles. The number of amides is 1. The first kappa shape index (κ1) is 17.8. The summed E-state index contributed by atoms with van der Waals surface area (Å²) >= 11 is 1.39. The van der Waals surface area contributed by atoms with Gasteiger partial charge in [-0.25, -0.2) is 0 Å². The van der Waals surface area contributed by atoms with Crippen molar-refractivity contribution in [1.82, 2.24) is 25.3 Å². The highest BCUT2D eigenvalue weighted by atomic mass is 32.1. The summed E-state index contributed by atoms with van der Waals surface area (Å²) in [5, 5.41) is 20.2. The van der Waals surface area contributed by atoms with Crippen LogP contribution in [-0.2, 0) is 6.42 Å². The molecule has 2 N–H and O–H groups in total. The van der Waals surface area contributed by atoms with Crippen molar-refractivity contribution in [3.8, 4) is 0 Å². The van der Waals surface area contributed by atoms with E-state index >= 15 is 0 Å². The summed E-state index contributed by atoms with van der Waals surface area (Å²) < 4.78 is 1.88. The van der Waals surface area contributed by atoms with Crippen LogP contribution in [-0.4, -0.2) is 39.0 Å². The maximum atomic E-state index is 12.5. The fraction of sp³-hybridized carbons (Fsp3) is 0.368. The fourth-order valence-corrected chi connectivity index (χ4v) is 3.91. The average molecular weight is 382 g/mol. The molecule has 1 aliphatic rings. The topological polar surface area (TPSA) is 84.7 Å². The number of hydrogen-bond donors (Lipinski definition) is 2. The Morgan fingerprint density at radius 2 is 2.15 bits per heavy atom. The highest BCUT2D eigenvalue weighted by Gasteiger charge is 2.18. The van der Waals surface area contributed by atoms with Gasteiger partial charge in [-0.2, -0.15) is 5.10 Å². The summed E-state index contributed by atoms with van der Waals surface area (Å²) in [6.07, 6.45) is 4.78. The highest BCUT2D eigenvalue weighted by Crippen LogP contribution is 2.20. The van der Waals surface area contributed by atoms with E-state index in [1.165, 1.54) is 22.5 Å². The van der Waals surface area contributed by atoms with Gasteiger partial charge in [0.1, 0.15) is 5.01 Å². The molecule has 7 nitrogen and oxygen atoms in total. The van der Waals surface area contributed by atoms with Gasteiger partial charge in [-0.3, -0.25) is 14.8 Å². The predicted molar refractivity (Wildman–Crippen MR) is 105 cm³/mol. The molecule has 2 aromatic heterocycles. The summed E-state index contributed by atoms with van der Waals surface area (Å²) in [5.41, 5.74) is 2.80. The van der Waals surface area contributed by atoms with E-state index in [0.29, 0.717) is 23.3 Å². The zero-order chi connectivity index (χ0) is 18.6. The summed E-state index contributed by atoms with van der Waals surface area (Å²) in [7, 11) is 0. The van der Waals surface area contributed by atoms with Crippen molar-refractivity contribution in [2.45, 2.75) is 32.2 Å². The first-order chi connectivity index (χ1) is 13.2. The van der Waals surface area contributed by atoms with Gasteiger partial charge in [0.25, 0.3) is 5.91 Å². The lowest BCUT2D eigenvalue weighted by molar-refractivity contribution is 0.102. The van der Waals surface area contributed by atoms with Gasteiger partial charge in [-0.05, 0) is 37.9 Å². The predicted octanol–water partition coefficient (Wildman–Crippen LogP) is 2.81. The molecule has 1 saturated heterocycles. The molecule has 4 rings (SSSR count). The average Bonchev–Trinajstić information content (AvgIpc) is 3.34. The van der Waals surface area contributed by atoms with E-state index in [9.17, 15) is 4.79 Å². The van der Waals surface area contributed by atoms with Crippen molar-refractivity contribution in [1.29, 1.82) is 0 Å². The van der Waals surface area contributed by atoms with E-state index in [1.807, 2.05) is 10.9 Å². The third-order valence-electron chi connectivity index (χ3n) is 4.65. The first-order valence-electron chi connectivity index (χ1n) is 9.12. The maximum Gasteiger partial charge on any atom is 0.277 e. The van der Waals surface area contributed by atoms with Gasteiger partial charge < -0.3 is 5.32 Å². The monoisotopic (exact) mass is 382 g/mol. The molecule has 1 unspecified atom stereocenters. The Kier molecular flexibility index (Phi) is 5.26. The molecule has 140 valence electrons. The standard InChI is InChI=1S/C19H22N6OS/c1-13-4-6-14(7-5-13)11-17-22-23-19(27-17)21-18(26)16-8-10-25(24-16)15-3-2-9-20-12-15/h4-8,10,15,20H,2-3,9,11-12H2,1H3,(H,21,23,26). The van der Waals surface area contributed by atoms with Crippen LogP contribution in [0.3, 0.4) is 0 Å². The van der Waals surface area contributed by atoms with E-state index in [1.54, 1.807) is 6.07 Å². The summed E-state index contributed by atoms with van der Waals surface area (Å²) in [6, 6.07) is 10.4. The number of carbonyl (C=O) groups excluding carboxylic acids is 1. The molecular weight excluding hydrogens is 360 g/mol. The Bertz CT molecular complexity index is 910. The number of nitrogens with one attached hydrogen (secondary N) is 2. The molecule has 0 spiro atoms. The lowest BCUT2D eigenvalue weighted by Gasteiger charge is -2.22. The summed E-state index contributed by atoms with van der Waals surface area (Å²) in [4.78, 5) is 12.5. The Balaban J connectivity index is 1.37. The zero-order valence-corrected chi connectivity index (χ0v) is 16.0. The summed E-state index contributed by atoms with van der Waals surface area (Å²) in [6.45, 7) is 4.00. The van der Waals surface area contributed by atoms with Crippen LogP contribution in [0.15, 0.2) is 36.5 Å². The molecule has 0 radical (unpaired) electrons. The van der Waals surface area contributed by atoms with Crippen LogP contribution >= 0.6 is 11.3 Å². The molecule has 3 aromatic rings. The lowest BCUT2D eigenvalue weighted by Crippen LogP contribution is -2.32. The molecule has 1 atom stereocenters. The molecule has 1 fully saturated rings. The molecule has 0 bridgehead atoms. The number of anilines is 1. The number of rotatable bonds is 5. The lowest BCUT2D eigenvalue weighted by atomic mass is 10.1. The van der Waals surface area contributed by atoms with Crippen molar-refractivity contribution >= 4 is 22.4 Å². The minimum absolute atomic E-state index is 0.254. The summed E-state index contributed by atoms with van der Waals surface area (Å²) in [5.74, 6) is -0.254. The quantitative estimate of drug-likeness (QED) is 0.709. The van der Waals surface area contributed by atoms with E-state index in [0.717, 1.165) is 30.9 Å². The molecule has 8 heteroatoms. The van der Waals surface area contributed by atoms with Gasteiger partial charge in [0, 0.05) is 19.2 Å². The van der Waals surface area contributed by atoms with Gasteiger partial charge in [-0.1, -0.05) is 41.2 Å². The van der Waals surface area contributed by atoms with Crippen LogP contribution in [0.5, 0.6) is 0 Å². The van der Waals surface area contributed by atoms with E-state index in [-0.39, 0.29) is 5.91 Å². The van der Waals surface area contributed by atoms with Gasteiger partial charge in [0.05, 0.1) is 6.04 Å². The Morgan fingerprint density at radius 3 is 2.93 bits per heavy atom. The number of aryl methyl sites for hydroxylation is 1. The molecule has 1 aromatic carbocycles. The fourth-order valence-electron chi connectivity index (χ4n) is 3.14. The second-order valence-electron chi connectivity index (χ2n) is 6.80. The zero-order valence-electron chi connectivity index (χ0n) is 15.2. The maximum absolute atomic E-state index is 12.5. The number of nitrogens with zero attached hydrogens (tertiary/aromatic N) is 4. The first-order valence-corrected chi connectivity index (χ1v) is 9.94. The second kappa shape index (κ2) is 7.98. The largest absolute Gasteiger partial charge is 0.315 e. The molecule has 1 aliphatic heterocycles. The van der Waals surface area contributed by atoms with E-state index in [2.05, 4.69) is 57.1 Å². The molecule has 1 amide bonds. The minimum atomic E-state index is -0.254. The third-order valence-corrected chi connectivity index (χ3v) is 5.49. The highest BCUT2D eigenvalue weighted by molar-refractivity contribution is 7.15. The Morgan fingerprint density at radius 1 is 1.30 bits per heavy atom. The third kappa shape index (κ3) is 4.40. The molecule has 0 aliphatic carbocycles. The van der Waals surface area contributed by atoms with Crippen LogP contribution in [0, 0.1) is 6.92 Å². The van der Waals surface area contributed by atoms with Gasteiger partial charge in [0.2, 0.25) is 5.13 Å². The van der Waals surface area contributed by atoms with Crippen molar-refractivity contribution in [2.75, 3.05) is 18.4 Å². The number of carbonyl (C=O) groups is 1. The second-order valence-corrected chi connectivity index (χ2v) is 7.86. The smallest absolute Gasteiger partial charge is 0.277 e. The molecule has 27 heavy (non-hydrogen) atoms. The van der Waals surface area contributed by atoms with Crippen LogP contribution in [0.4, 0.5) is 5.13 Å². The number of hydrogen-bond acceptors (Lipinski definition) is 6. The van der Waals surface area contributed by atoms with Crippen LogP contribution in [0.2, 0.25) is 0 Å². The number of aromatic nitrogens is 4. The molecular formula is C19H22N6OS. The number of benzene rings is 1. The SMILES string of the molecule is Cc1ccc(Cc2nnc(NC(=O)c3ccn(C4CCCNC4)n3)s2)cc1. The van der Waals surface area contributed by atoms with Gasteiger partial charge >= 0.3 is 0 Å². The van der Waals surface area contributed by atoms with Gasteiger partial charge in [0.15, 0.2) is 5.69 Å². The van der Waals surface area contributed by atoms with Crippen LogP contribution in [0.25, 0.3) is 0 Å². The minimum Gasteiger partial charge on any atom is -0.315 e. The van der Waals surface area contributed by atoms with E-state index < -0.39 is 0 Å². The Labute approximate surface area is 161 Å². The van der Waals surface area contributed by atoms with Crippen molar-refractivity contribution in [2.24, 2.45) is 0 Å². The molecule has 3 heterocycles.